The van der Waals surface area contributed by atoms with Gasteiger partial charge in [0.2, 0.25) is 0 Å². The Labute approximate surface area is 213 Å². The zero-order chi connectivity index (χ0) is 25.4. The van der Waals surface area contributed by atoms with Crippen molar-refractivity contribution < 1.29 is 14.9 Å². The van der Waals surface area contributed by atoms with E-state index in [9.17, 15) is 10.2 Å². The summed E-state index contributed by atoms with van der Waals surface area (Å²) in [6.07, 6.45) is 2.09. The summed E-state index contributed by atoms with van der Waals surface area (Å²) in [5.41, 5.74) is 8.59. The minimum Gasteiger partial charge on any atom is -0.388 e. The number of fused-ring (bicyclic) bond motifs is 1. The Balaban J connectivity index is 1.22. The second-order valence-electron chi connectivity index (χ2n) is 9.36. The van der Waals surface area contributed by atoms with E-state index in [4.69, 9.17) is 9.73 Å². The van der Waals surface area contributed by atoms with Gasteiger partial charge in [-0.15, -0.1) is 5.10 Å². The number of H-pyrrole nitrogens is 1. The van der Waals surface area contributed by atoms with E-state index in [1.807, 2.05) is 58.2 Å². The van der Waals surface area contributed by atoms with Crippen molar-refractivity contribution in [2.75, 3.05) is 5.43 Å². The molecule has 4 N–H and O–H groups in total. The first-order valence-corrected chi connectivity index (χ1v) is 12.3. The molecule has 6 rings (SSSR count). The summed E-state index contributed by atoms with van der Waals surface area (Å²) in [6.45, 7) is 2.31. The number of tetrazole rings is 1. The van der Waals surface area contributed by atoms with Gasteiger partial charge in [-0.1, -0.05) is 42.5 Å². The van der Waals surface area contributed by atoms with E-state index in [-0.39, 0.29) is 0 Å². The van der Waals surface area contributed by atoms with Gasteiger partial charge in [-0.05, 0) is 47.0 Å². The van der Waals surface area contributed by atoms with Crippen LogP contribution in [0.2, 0.25) is 0 Å². The maximum absolute atomic E-state index is 10.6. The molecule has 1 fully saturated rings. The largest absolute Gasteiger partial charge is 0.388 e. The number of aliphatic imine (C=N–C) groups is 1. The van der Waals surface area contributed by atoms with Crippen molar-refractivity contribution in [3.63, 3.8) is 0 Å². The molecule has 0 bridgehead atoms. The molecule has 37 heavy (non-hydrogen) atoms. The summed E-state index contributed by atoms with van der Waals surface area (Å²) in [4.78, 5) is 4.73. The lowest BCUT2D eigenvalue weighted by Crippen LogP contribution is -2.31. The van der Waals surface area contributed by atoms with Crippen molar-refractivity contribution in [1.82, 2.24) is 30.2 Å². The van der Waals surface area contributed by atoms with Crippen LogP contribution in [0.15, 0.2) is 65.8 Å². The van der Waals surface area contributed by atoms with Crippen LogP contribution < -0.4 is 5.43 Å². The third-order valence-corrected chi connectivity index (χ3v) is 6.86. The Morgan fingerprint density at radius 3 is 2.57 bits per heavy atom. The average Bonchev–Trinajstić information content (AvgIpc) is 3.64. The van der Waals surface area contributed by atoms with Crippen molar-refractivity contribution in [3.05, 3.63) is 77.7 Å². The van der Waals surface area contributed by atoms with E-state index in [0.29, 0.717) is 12.4 Å². The second kappa shape index (κ2) is 9.77. The molecule has 11 heteroatoms. The minimum absolute atomic E-state index is 0.473. The quantitative estimate of drug-likeness (QED) is 0.304. The lowest BCUT2D eigenvalue weighted by atomic mass is 10.0. The summed E-state index contributed by atoms with van der Waals surface area (Å²) in [5, 5.41) is 36.8. The Hall–Kier alpha value is -4.06. The highest BCUT2D eigenvalue weighted by Crippen LogP contribution is 2.41. The van der Waals surface area contributed by atoms with Gasteiger partial charge >= 0.3 is 0 Å². The molecule has 11 nitrogen and oxygen atoms in total. The normalized spacial score (nSPS) is 22.8. The lowest BCUT2D eigenvalue weighted by molar-refractivity contribution is -0.0308. The molecule has 2 aromatic heterocycles. The Morgan fingerprint density at radius 1 is 1.05 bits per heavy atom. The Kier molecular flexibility index (Phi) is 6.16. The maximum Gasteiger partial charge on any atom is 0.164 e. The van der Waals surface area contributed by atoms with Gasteiger partial charge in [-0.3, -0.25) is 10.4 Å². The van der Waals surface area contributed by atoms with Crippen LogP contribution in [0.1, 0.15) is 30.1 Å². The van der Waals surface area contributed by atoms with Gasteiger partial charge in [0.1, 0.15) is 30.2 Å². The number of anilines is 1. The summed E-state index contributed by atoms with van der Waals surface area (Å²) < 4.78 is 7.75. The monoisotopic (exact) mass is 500 g/mol. The number of nitrogens with one attached hydrogen (secondary N) is 2. The highest BCUT2D eigenvalue weighted by atomic mass is 16.6. The van der Waals surface area contributed by atoms with Gasteiger partial charge < -0.3 is 19.5 Å². The molecule has 190 valence electrons. The first-order chi connectivity index (χ1) is 18.1. The van der Waals surface area contributed by atoms with Crippen LogP contribution in [0.25, 0.3) is 11.1 Å². The van der Waals surface area contributed by atoms with Gasteiger partial charge in [0.25, 0.3) is 0 Å². The summed E-state index contributed by atoms with van der Waals surface area (Å²) in [5.74, 6) is 1.47. The van der Waals surface area contributed by atoms with E-state index < -0.39 is 24.5 Å². The third kappa shape index (κ3) is 4.59. The van der Waals surface area contributed by atoms with Crippen LogP contribution in [0.5, 0.6) is 0 Å². The van der Waals surface area contributed by atoms with Crippen molar-refractivity contribution in [2.45, 2.75) is 50.8 Å². The second-order valence-corrected chi connectivity index (χ2v) is 9.36. The van der Waals surface area contributed by atoms with Crippen LogP contribution in [0, 0.1) is 0 Å². The van der Waals surface area contributed by atoms with E-state index >= 15 is 0 Å². The molecular formula is C26H28N8O3. The molecule has 0 unspecified atom stereocenters. The molecule has 0 aliphatic carbocycles. The van der Waals surface area contributed by atoms with Crippen LogP contribution in [0.3, 0.4) is 0 Å². The van der Waals surface area contributed by atoms with Crippen molar-refractivity contribution in [1.29, 1.82) is 0 Å². The number of hydrogen-bond donors (Lipinski definition) is 4. The molecule has 0 radical (unpaired) electrons. The molecule has 2 aromatic carbocycles. The average molecular weight is 501 g/mol. The van der Waals surface area contributed by atoms with Crippen molar-refractivity contribution in [3.8, 4) is 11.1 Å². The zero-order valence-electron chi connectivity index (χ0n) is 20.3. The molecular weight excluding hydrogens is 472 g/mol. The fourth-order valence-corrected chi connectivity index (χ4v) is 4.84. The molecule has 2 aliphatic heterocycles. The number of aromatic amines is 1. The maximum atomic E-state index is 10.6. The SMILES string of the molecule is C[C@H]1O[C@@H](n2cc(-c3ccccc3)c3c2N=CN(Nc2ccc(CCc4nnn[nH]4)cc2)C3)[C@H](O)[C@@H]1O. The topological polar surface area (TPSA) is 137 Å². The van der Waals surface area contributed by atoms with Crippen LogP contribution in [-0.4, -0.2) is 65.1 Å². The highest BCUT2D eigenvalue weighted by Gasteiger charge is 2.42. The number of aromatic nitrogens is 5. The van der Waals surface area contributed by atoms with Gasteiger partial charge in [-0.25, -0.2) is 10.1 Å². The fourth-order valence-electron chi connectivity index (χ4n) is 4.84. The standard InChI is InChI=1S/C26H28N8O3/c1-16-23(35)24(36)26(37-16)34-14-20(18-5-3-2-4-6-18)21-13-33(15-27-25(21)34)30-19-10-7-17(8-11-19)9-12-22-28-31-32-29-22/h2-8,10-11,14-16,23-24,26,30,35-36H,9,12-13H2,1H3,(H,28,29,31,32)/t16-,23-,24-,26-/m1/s1. The number of aryl methyl sites for hydroxylation is 2. The highest BCUT2D eigenvalue weighted by molar-refractivity contribution is 5.77. The smallest absolute Gasteiger partial charge is 0.164 e. The van der Waals surface area contributed by atoms with Crippen LogP contribution >= 0.6 is 0 Å². The number of hydrogen-bond acceptors (Lipinski definition) is 9. The van der Waals surface area contributed by atoms with E-state index in [1.165, 1.54) is 5.56 Å². The number of aliphatic hydroxyl groups is 2. The molecule has 4 atom stereocenters. The number of aliphatic hydroxyl groups excluding tert-OH is 2. The Morgan fingerprint density at radius 2 is 1.86 bits per heavy atom. The van der Waals surface area contributed by atoms with Gasteiger partial charge in [0.05, 0.1) is 18.3 Å². The molecule has 2 aliphatic rings. The number of benzene rings is 2. The predicted octanol–water partition coefficient (Wildman–Crippen LogP) is 2.60. The first-order valence-electron chi connectivity index (χ1n) is 12.3. The van der Waals surface area contributed by atoms with E-state index in [0.717, 1.165) is 41.0 Å². The molecule has 4 heterocycles. The molecule has 1 saturated heterocycles. The van der Waals surface area contributed by atoms with Gasteiger partial charge in [0, 0.05) is 23.7 Å². The summed E-state index contributed by atoms with van der Waals surface area (Å²) >= 11 is 0. The first kappa shape index (κ1) is 23.3. The van der Waals surface area contributed by atoms with E-state index in [1.54, 1.807) is 13.3 Å². The number of hydrazine groups is 1. The summed E-state index contributed by atoms with van der Waals surface area (Å²) in [7, 11) is 0. The predicted molar refractivity (Wildman–Crippen MR) is 137 cm³/mol. The van der Waals surface area contributed by atoms with Crippen LogP contribution in [0.4, 0.5) is 11.5 Å². The molecule has 0 amide bonds. The molecule has 0 saturated carbocycles. The molecule has 4 aromatic rings. The Bertz CT molecular complexity index is 1370. The number of ether oxygens (including phenoxy) is 1. The van der Waals surface area contributed by atoms with Crippen LogP contribution in [-0.2, 0) is 24.1 Å². The number of rotatable bonds is 7. The molecule has 0 spiro atoms. The lowest BCUT2D eigenvalue weighted by Gasteiger charge is -2.26. The van der Waals surface area contributed by atoms with Crippen molar-refractivity contribution >= 4 is 17.8 Å². The summed E-state index contributed by atoms with van der Waals surface area (Å²) in [6, 6.07) is 18.3. The minimum atomic E-state index is -1.04. The van der Waals surface area contributed by atoms with E-state index in [2.05, 4.69) is 38.2 Å². The zero-order valence-corrected chi connectivity index (χ0v) is 20.3. The van der Waals surface area contributed by atoms with Crippen molar-refractivity contribution in [2.24, 2.45) is 4.99 Å². The number of nitrogens with zero attached hydrogens (tertiary/aromatic N) is 6. The van der Waals surface area contributed by atoms with Gasteiger partial charge in [-0.2, -0.15) is 0 Å². The fraction of sp³-hybridized carbons (Fsp3) is 0.308. The third-order valence-electron chi connectivity index (χ3n) is 6.86. The van der Waals surface area contributed by atoms with Gasteiger partial charge in [0.15, 0.2) is 6.23 Å².